The monoisotopic (exact) mass is 359 g/mol. The summed E-state index contributed by atoms with van der Waals surface area (Å²) in [5.41, 5.74) is 0.482. The highest BCUT2D eigenvalue weighted by atomic mass is 79.9. The van der Waals surface area contributed by atoms with Crippen molar-refractivity contribution in [1.82, 2.24) is 0 Å². The van der Waals surface area contributed by atoms with Gasteiger partial charge < -0.3 is 4.74 Å². The molecule has 2 rings (SSSR count). The van der Waals surface area contributed by atoms with Crippen LogP contribution in [0.4, 0.5) is 10.1 Å². The molecule has 7 heteroatoms. The zero-order valence-corrected chi connectivity index (χ0v) is 12.3. The second-order valence-corrected chi connectivity index (χ2v) is 4.99. The van der Waals surface area contributed by atoms with Crippen molar-refractivity contribution < 1.29 is 14.1 Å². The van der Waals surface area contributed by atoms with Gasteiger partial charge >= 0.3 is 0 Å². The summed E-state index contributed by atoms with van der Waals surface area (Å²) in [5.74, 6) is -0.254. The molecule has 4 nitrogen and oxygen atoms in total. The van der Waals surface area contributed by atoms with E-state index in [4.69, 9.17) is 16.3 Å². The second-order valence-electron chi connectivity index (χ2n) is 3.87. The van der Waals surface area contributed by atoms with E-state index in [9.17, 15) is 14.5 Å². The van der Waals surface area contributed by atoms with Gasteiger partial charge in [-0.1, -0.05) is 6.07 Å². The van der Waals surface area contributed by atoms with Gasteiger partial charge in [-0.05, 0) is 39.7 Å². The van der Waals surface area contributed by atoms with Crippen molar-refractivity contribution in [2.24, 2.45) is 0 Å². The minimum absolute atomic E-state index is 0.0277. The summed E-state index contributed by atoms with van der Waals surface area (Å²) in [6.45, 7) is 0. The average molecular weight is 361 g/mol. The van der Waals surface area contributed by atoms with Crippen LogP contribution >= 0.6 is 27.5 Å². The highest BCUT2D eigenvalue weighted by Crippen LogP contribution is 2.34. The molecule has 0 atom stereocenters. The number of nitro groups is 1. The first-order valence-electron chi connectivity index (χ1n) is 5.47. The summed E-state index contributed by atoms with van der Waals surface area (Å²) in [6, 6.07) is 8.32. The van der Waals surface area contributed by atoms with Gasteiger partial charge in [-0.25, -0.2) is 4.39 Å². The van der Waals surface area contributed by atoms with Crippen molar-refractivity contribution in [3.63, 3.8) is 0 Å². The zero-order chi connectivity index (χ0) is 14.7. The highest BCUT2D eigenvalue weighted by molar-refractivity contribution is 9.10. The predicted molar refractivity (Wildman–Crippen MR) is 76.8 cm³/mol. The smallest absolute Gasteiger partial charge is 0.273 e. The minimum Gasteiger partial charge on any atom is -0.453 e. The molecular formula is C13H8BrClFNO3. The van der Waals surface area contributed by atoms with E-state index in [1.165, 1.54) is 30.3 Å². The van der Waals surface area contributed by atoms with E-state index in [1.54, 1.807) is 6.07 Å². The molecule has 0 unspecified atom stereocenters. The molecule has 2 aromatic carbocycles. The number of nitro benzene ring substituents is 1. The first kappa shape index (κ1) is 14.7. The summed E-state index contributed by atoms with van der Waals surface area (Å²) in [6.07, 6.45) is 0. The lowest BCUT2D eigenvalue weighted by atomic mass is 10.2. The molecule has 0 amide bonds. The largest absolute Gasteiger partial charge is 0.453 e. The summed E-state index contributed by atoms with van der Waals surface area (Å²) >= 11 is 8.80. The third kappa shape index (κ3) is 3.26. The number of benzene rings is 2. The molecule has 0 saturated carbocycles. The normalized spacial score (nSPS) is 10.3. The molecule has 0 fully saturated rings. The van der Waals surface area contributed by atoms with E-state index in [0.717, 1.165) is 0 Å². The summed E-state index contributed by atoms with van der Waals surface area (Å²) < 4.78 is 19.6. The number of hydrogen-bond donors (Lipinski definition) is 0. The van der Waals surface area contributed by atoms with E-state index in [-0.39, 0.29) is 23.1 Å². The van der Waals surface area contributed by atoms with Crippen LogP contribution in [-0.4, -0.2) is 4.92 Å². The van der Waals surface area contributed by atoms with Crippen LogP contribution in [0.25, 0.3) is 0 Å². The van der Waals surface area contributed by atoms with Gasteiger partial charge in [-0.15, -0.1) is 11.6 Å². The molecule has 0 aliphatic heterocycles. The average Bonchev–Trinajstić information content (AvgIpc) is 2.42. The lowest BCUT2D eigenvalue weighted by Gasteiger charge is -2.09. The molecule has 104 valence electrons. The van der Waals surface area contributed by atoms with Crippen molar-refractivity contribution >= 4 is 33.2 Å². The van der Waals surface area contributed by atoms with Crippen LogP contribution in [0.2, 0.25) is 0 Å². The van der Waals surface area contributed by atoms with Crippen LogP contribution in [0.1, 0.15) is 5.56 Å². The van der Waals surface area contributed by atoms with Gasteiger partial charge in [0.05, 0.1) is 15.5 Å². The molecule has 0 bridgehead atoms. The number of rotatable bonds is 4. The molecule has 0 saturated heterocycles. The Morgan fingerprint density at radius 2 is 2.00 bits per heavy atom. The van der Waals surface area contributed by atoms with Crippen molar-refractivity contribution in [1.29, 1.82) is 0 Å². The standard InChI is InChI=1S/C13H8BrClFNO3/c14-10-3-2-9(17(18)19)6-13(10)20-12-4-1-8(7-15)5-11(12)16/h1-6H,7H2. The fraction of sp³-hybridized carbons (Fsp3) is 0.0769. The molecule has 0 N–H and O–H groups in total. The Kier molecular flexibility index (Phi) is 4.57. The topological polar surface area (TPSA) is 52.4 Å². The van der Waals surface area contributed by atoms with Gasteiger partial charge in [0.15, 0.2) is 11.6 Å². The Hall–Kier alpha value is -1.66. The van der Waals surface area contributed by atoms with Gasteiger partial charge in [-0.3, -0.25) is 10.1 Å². The summed E-state index contributed by atoms with van der Waals surface area (Å²) in [7, 11) is 0. The SMILES string of the molecule is O=[N+]([O-])c1ccc(Br)c(Oc2ccc(CCl)cc2F)c1. The maximum absolute atomic E-state index is 13.8. The van der Waals surface area contributed by atoms with Gasteiger partial charge in [0.2, 0.25) is 0 Å². The Morgan fingerprint density at radius 3 is 2.60 bits per heavy atom. The second kappa shape index (κ2) is 6.19. The molecule has 0 aliphatic carbocycles. The summed E-state index contributed by atoms with van der Waals surface area (Å²) in [5, 5.41) is 10.7. The van der Waals surface area contributed by atoms with Crippen LogP contribution in [0.5, 0.6) is 11.5 Å². The Morgan fingerprint density at radius 1 is 1.25 bits per heavy atom. The van der Waals surface area contributed by atoms with Gasteiger partial charge in [0, 0.05) is 11.9 Å². The Labute approximate surface area is 127 Å². The van der Waals surface area contributed by atoms with E-state index in [2.05, 4.69) is 15.9 Å². The van der Waals surface area contributed by atoms with Crippen molar-refractivity contribution in [2.75, 3.05) is 0 Å². The fourth-order valence-corrected chi connectivity index (χ4v) is 2.01. The van der Waals surface area contributed by atoms with Crippen molar-refractivity contribution in [3.8, 4) is 11.5 Å². The van der Waals surface area contributed by atoms with E-state index < -0.39 is 10.7 Å². The Balaban J connectivity index is 2.34. The molecule has 20 heavy (non-hydrogen) atoms. The lowest BCUT2D eigenvalue weighted by Crippen LogP contribution is -1.93. The third-order valence-electron chi connectivity index (χ3n) is 2.50. The fourth-order valence-electron chi connectivity index (χ4n) is 1.51. The van der Waals surface area contributed by atoms with E-state index >= 15 is 0 Å². The van der Waals surface area contributed by atoms with Crippen molar-refractivity contribution in [2.45, 2.75) is 5.88 Å². The third-order valence-corrected chi connectivity index (χ3v) is 3.46. The maximum Gasteiger partial charge on any atom is 0.273 e. The highest BCUT2D eigenvalue weighted by Gasteiger charge is 2.13. The van der Waals surface area contributed by atoms with E-state index in [1.807, 2.05) is 0 Å². The molecule has 2 aromatic rings. The first-order chi connectivity index (χ1) is 9.51. The van der Waals surface area contributed by atoms with Crippen LogP contribution < -0.4 is 4.74 Å². The van der Waals surface area contributed by atoms with E-state index in [0.29, 0.717) is 10.0 Å². The molecular weight excluding hydrogens is 353 g/mol. The number of halogens is 3. The molecule has 0 aromatic heterocycles. The minimum atomic E-state index is -0.582. The van der Waals surface area contributed by atoms with Crippen molar-refractivity contribution in [3.05, 3.63) is 62.4 Å². The quantitative estimate of drug-likeness (QED) is 0.436. The van der Waals surface area contributed by atoms with Crippen LogP contribution in [-0.2, 0) is 5.88 Å². The number of alkyl halides is 1. The van der Waals surface area contributed by atoms with Crippen LogP contribution in [0, 0.1) is 15.9 Å². The zero-order valence-electron chi connectivity index (χ0n) is 9.98. The maximum atomic E-state index is 13.8. The van der Waals surface area contributed by atoms with Crippen LogP contribution in [0.3, 0.4) is 0 Å². The molecule has 0 heterocycles. The molecule has 0 aliphatic rings. The van der Waals surface area contributed by atoms with Gasteiger partial charge in [0.1, 0.15) is 5.75 Å². The predicted octanol–water partition coefficient (Wildman–Crippen LogP) is 5.03. The lowest BCUT2D eigenvalue weighted by molar-refractivity contribution is -0.384. The van der Waals surface area contributed by atoms with Crippen LogP contribution in [0.15, 0.2) is 40.9 Å². The molecule has 0 radical (unpaired) electrons. The Bertz CT molecular complexity index is 666. The van der Waals surface area contributed by atoms with Gasteiger partial charge in [0.25, 0.3) is 5.69 Å². The first-order valence-corrected chi connectivity index (χ1v) is 6.80. The number of nitrogens with zero attached hydrogens (tertiary/aromatic N) is 1. The number of hydrogen-bond acceptors (Lipinski definition) is 3. The molecule has 0 spiro atoms. The number of non-ortho nitro benzene ring substituents is 1. The van der Waals surface area contributed by atoms with Gasteiger partial charge in [-0.2, -0.15) is 0 Å². The number of ether oxygens (including phenoxy) is 1. The summed E-state index contributed by atoms with van der Waals surface area (Å²) in [4.78, 5) is 10.2.